The van der Waals surface area contributed by atoms with Gasteiger partial charge in [0.1, 0.15) is 0 Å². The van der Waals surface area contributed by atoms with Gasteiger partial charge in [0.15, 0.2) is 17.4 Å². The summed E-state index contributed by atoms with van der Waals surface area (Å²) in [6.07, 6.45) is 3.42. The predicted molar refractivity (Wildman–Crippen MR) is 69.7 cm³/mol. The Morgan fingerprint density at radius 1 is 1.21 bits per heavy atom. The third-order valence-corrected chi connectivity index (χ3v) is 2.32. The van der Waals surface area contributed by atoms with Crippen molar-refractivity contribution in [1.29, 1.82) is 0 Å². The number of pyridine rings is 1. The number of nitrogen functional groups attached to an aromatic ring is 1. The van der Waals surface area contributed by atoms with Gasteiger partial charge in [0.2, 0.25) is 0 Å². The number of nitrogens with two attached hydrogens (primary N) is 1. The second-order valence-electron chi connectivity index (χ2n) is 3.59. The Hall–Kier alpha value is -2.21. The number of ether oxygens (including phenoxy) is 1. The summed E-state index contributed by atoms with van der Waals surface area (Å²) in [6.45, 7) is 1.97. The number of nitrogens with one attached hydrogen (secondary N) is 1. The summed E-state index contributed by atoms with van der Waals surface area (Å²) in [5, 5.41) is 0. The Kier molecular flexibility index (Phi) is 5.69. The molecule has 2 rings (SSSR count). The summed E-state index contributed by atoms with van der Waals surface area (Å²) in [5.74, 6) is 3.47. The molecule has 1 aromatic carbocycles. The van der Waals surface area contributed by atoms with Crippen LogP contribution in [0.3, 0.4) is 0 Å². The molecule has 0 fully saturated rings. The lowest BCUT2D eigenvalue weighted by Gasteiger charge is -2.00. The van der Waals surface area contributed by atoms with Gasteiger partial charge in [0, 0.05) is 6.20 Å². The van der Waals surface area contributed by atoms with E-state index in [1.165, 1.54) is 13.2 Å². The van der Waals surface area contributed by atoms with Gasteiger partial charge in [-0.3, -0.25) is 10.8 Å². The van der Waals surface area contributed by atoms with Crippen molar-refractivity contribution in [2.75, 3.05) is 12.5 Å². The number of halogens is 2. The van der Waals surface area contributed by atoms with Crippen LogP contribution in [-0.2, 0) is 0 Å². The number of methoxy groups -OCH3 is 1. The van der Waals surface area contributed by atoms with Gasteiger partial charge >= 0.3 is 0 Å². The molecule has 3 N–H and O–H groups in total. The third-order valence-electron chi connectivity index (χ3n) is 2.32. The molecule has 4 nitrogen and oxygen atoms in total. The minimum atomic E-state index is -0.678. The molecule has 0 spiro atoms. The number of hydrogen-bond acceptors (Lipinski definition) is 4. The molecule has 19 heavy (non-hydrogen) atoms. The number of para-hydroxylation sites is 1. The lowest BCUT2D eigenvalue weighted by molar-refractivity contribution is 0.360. The summed E-state index contributed by atoms with van der Waals surface area (Å²) < 4.78 is 29.4. The average Bonchev–Trinajstić information content (AvgIpc) is 2.40. The highest BCUT2D eigenvalue weighted by molar-refractivity contribution is 5.46. The van der Waals surface area contributed by atoms with Gasteiger partial charge in [0.25, 0.3) is 0 Å². The average molecular weight is 267 g/mol. The van der Waals surface area contributed by atoms with Crippen molar-refractivity contribution in [3.05, 3.63) is 53.9 Å². The van der Waals surface area contributed by atoms with Crippen LogP contribution in [0.2, 0.25) is 0 Å². The van der Waals surface area contributed by atoms with Gasteiger partial charge in [-0.25, -0.2) is 8.78 Å². The smallest absolute Gasteiger partial charge is 0.190 e. The van der Waals surface area contributed by atoms with Crippen molar-refractivity contribution in [3.63, 3.8) is 0 Å². The van der Waals surface area contributed by atoms with Crippen LogP contribution in [0.5, 0.6) is 5.75 Å². The van der Waals surface area contributed by atoms with E-state index in [1.807, 2.05) is 13.0 Å². The Bertz CT molecular complexity index is 515. The third kappa shape index (κ3) is 4.18. The van der Waals surface area contributed by atoms with E-state index in [9.17, 15) is 8.78 Å². The summed E-state index contributed by atoms with van der Waals surface area (Å²) in [6, 6.07) is 5.46. The van der Waals surface area contributed by atoms with Crippen molar-refractivity contribution in [1.82, 2.24) is 4.98 Å². The van der Waals surface area contributed by atoms with Crippen LogP contribution >= 0.6 is 0 Å². The summed E-state index contributed by atoms with van der Waals surface area (Å²) >= 11 is 0. The lowest BCUT2D eigenvalue weighted by atomic mass is 10.3. The van der Waals surface area contributed by atoms with Crippen LogP contribution in [0.25, 0.3) is 0 Å². The van der Waals surface area contributed by atoms with Crippen LogP contribution in [-0.4, -0.2) is 12.1 Å². The van der Waals surface area contributed by atoms with Gasteiger partial charge in [-0.2, -0.15) is 0 Å². The maximum Gasteiger partial charge on any atom is 0.190 e. The molecular formula is C13H15F2N3O. The fourth-order valence-electron chi connectivity index (χ4n) is 1.29. The fraction of sp³-hybridized carbons (Fsp3) is 0.154. The van der Waals surface area contributed by atoms with Crippen molar-refractivity contribution >= 4 is 5.69 Å². The maximum absolute atomic E-state index is 12.5. The monoisotopic (exact) mass is 267 g/mol. The van der Waals surface area contributed by atoms with E-state index < -0.39 is 11.6 Å². The minimum absolute atomic E-state index is 0.331. The van der Waals surface area contributed by atoms with Crippen LogP contribution in [0, 0.1) is 18.6 Å². The number of nitrogens with zero attached hydrogens (tertiary/aromatic N) is 1. The topological polar surface area (TPSA) is 60.2 Å². The number of hydrazine groups is 1. The Labute approximate surface area is 110 Å². The predicted octanol–water partition coefficient (Wildman–Crippen LogP) is 2.65. The van der Waals surface area contributed by atoms with E-state index >= 15 is 0 Å². The molecule has 0 aliphatic rings. The highest BCUT2D eigenvalue weighted by Gasteiger charge is 2.06. The first-order chi connectivity index (χ1) is 9.10. The van der Waals surface area contributed by atoms with Crippen molar-refractivity contribution in [2.24, 2.45) is 5.84 Å². The van der Waals surface area contributed by atoms with E-state index in [1.54, 1.807) is 12.4 Å². The molecule has 102 valence electrons. The van der Waals surface area contributed by atoms with Crippen LogP contribution in [0.4, 0.5) is 14.5 Å². The molecule has 6 heteroatoms. The zero-order chi connectivity index (χ0) is 14.3. The minimum Gasteiger partial charge on any atom is -0.491 e. The van der Waals surface area contributed by atoms with Gasteiger partial charge in [0.05, 0.1) is 19.0 Å². The molecule has 0 aliphatic heterocycles. The summed E-state index contributed by atoms with van der Waals surface area (Å²) in [7, 11) is 1.22. The lowest BCUT2D eigenvalue weighted by Crippen LogP contribution is -2.07. The molecular weight excluding hydrogens is 252 g/mol. The SMILES string of the molecule is COc1c(F)cccc1F.Cc1ccncc1NN. The summed E-state index contributed by atoms with van der Waals surface area (Å²) in [4.78, 5) is 3.87. The van der Waals surface area contributed by atoms with Crippen molar-refractivity contribution in [3.8, 4) is 5.75 Å². The second kappa shape index (κ2) is 7.27. The quantitative estimate of drug-likeness (QED) is 0.648. The highest BCUT2D eigenvalue weighted by atomic mass is 19.1. The number of rotatable bonds is 2. The molecule has 0 saturated carbocycles. The van der Waals surface area contributed by atoms with Gasteiger partial charge in [-0.1, -0.05) is 6.07 Å². The van der Waals surface area contributed by atoms with Crippen LogP contribution in [0.15, 0.2) is 36.7 Å². The zero-order valence-corrected chi connectivity index (χ0v) is 10.7. The molecule has 2 aromatic rings. The highest BCUT2D eigenvalue weighted by Crippen LogP contribution is 2.19. The van der Waals surface area contributed by atoms with Gasteiger partial charge in [-0.05, 0) is 30.7 Å². The number of hydrogen-bond donors (Lipinski definition) is 2. The number of aryl methyl sites for hydroxylation is 1. The fourth-order valence-corrected chi connectivity index (χ4v) is 1.29. The first kappa shape index (κ1) is 14.8. The molecule has 0 atom stereocenters. The van der Waals surface area contributed by atoms with Gasteiger partial charge < -0.3 is 10.2 Å². The molecule has 0 aliphatic carbocycles. The second-order valence-corrected chi connectivity index (χ2v) is 3.59. The van der Waals surface area contributed by atoms with E-state index in [0.29, 0.717) is 0 Å². The van der Waals surface area contributed by atoms with Gasteiger partial charge in [-0.15, -0.1) is 0 Å². The molecule has 0 amide bonds. The zero-order valence-electron chi connectivity index (χ0n) is 10.7. The largest absolute Gasteiger partial charge is 0.491 e. The van der Waals surface area contributed by atoms with Crippen LogP contribution < -0.4 is 16.0 Å². The Morgan fingerprint density at radius 3 is 2.21 bits per heavy atom. The van der Waals surface area contributed by atoms with E-state index in [0.717, 1.165) is 23.4 Å². The Morgan fingerprint density at radius 2 is 1.84 bits per heavy atom. The maximum atomic E-state index is 12.5. The van der Waals surface area contributed by atoms with Crippen molar-refractivity contribution < 1.29 is 13.5 Å². The summed E-state index contributed by atoms with van der Waals surface area (Å²) in [5.41, 5.74) is 4.51. The van der Waals surface area contributed by atoms with E-state index in [2.05, 4.69) is 15.1 Å². The normalized spacial score (nSPS) is 9.32. The number of aromatic nitrogens is 1. The molecule has 0 radical (unpaired) electrons. The number of benzene rings is 1. The molecule has 0 saturated heterocycles. The molecule has 1 aromatic heterocycles. The molecule has 0 bridgehead atoms. The standard InChI is InChI=1S/C7H6F2O.C6H9N3/c1-10-7-5(8)3-2-4-6(7)9;1-5-2-3-8-4-6(5)9-7/h2-4H,1H3;2-4,9H,7H2,1H3. The molecule has 0 unspecified atom stereocenters. The van der Waals surface area contributed by atoms with E-state index in [4.69, 9.17) is 5.84 Å². The van der Waals surface area contributed by atoms with Crippen molar-refractivity contribution in [2.45, 2.75) is 6.92 Å². The Balaban J connectivity index is 0.000000191. The first-order valence-electron chi connectivity index (χ1n) is 5.45. The first-order valence-corrected chi connectivity index (χ1v) is 5.45. The number of anilines is 1. The van der Waals surface area contributed by atoms with E-state index in [-0.39, 0.29) is 5.75 Å². The van der Waals surface area contributed by atoms with Crippen LogP contribution in [0.1, 0.15) is 5.56 Å². The molecule has 1 heterocycles.